The first-order chi connectivity index (χ1) is 9.77. The van der Waals surface area contributed by atoms with Gasteiger partial charge in [-0.25, -0.2) is 0 Å². The van der Waals surface area contributed by atoms with Gasteiger partial charge in [-0.2, -0.15) is 12.6 Å². The molecule has 0 aliphatic heterocycles. The van der Waals surface area contributed by atoms with Gasteiger partial charge >= 0.3 is 23.9 Å². The highest BCUT2D eigenvalue weighted by Gasteiger charge is 2.74. The summed E-state index contributed by atoms with van der Waals surface area (Å²) in [6, 6.07) is 0. The molecule has 0 aromatic heterocycles. The van der Waals surface area contributed by atoms with Gasteiger partial charge in [-0.1, -0.05) is 0 Å². The molecule has 0 saturated heterocycles. The summed E-state index contributed by atoms with van der Waals surface area (Å²) < 4.78 is 4.79. The zero-order chi connectivity index (χ0) is 16.3. The minimum atomic E-state index is -2.71. The van der Waals surface area contributed by atoms with Crippen LogP contribution in [0.25, 0.3) is 0 Å². The largest absolute Gasteiger partial charge is 0.480 e. The molecule has 0 amide bonds. The lowest BCUT2D eigenvalue weighted by Crippen LogP contribution is -2.58. The van der Waals surface area contributed by atoms with Gasteiger partial charge in [0.15, 0.2) is 10.8 Å². The molecule has 0 aromatic rings. The molecule has 3 N–H and O–H groups in total. The molecule has 0 aromatic carbocycles. The molecular weight excluding hydrogens is 304 g/mol. The standard InChI is InChI=1S/C12H16O8S/c13-7(14)11(8(15)16)3-1-4-12(11,9(17)18)10(19)20-5-2-6-21/h21H,1-6H2,(H,13,14)(H,15,16)(H,17,18). The second-order valence-electron chi connectivity index (χ2n) is 4.79. The number of carboxylic acid groups (broad SMARTS) is 3. The van der Waals surface area contributed by atoms with Crippen LogP contribution in [0.3, 0.4) is 0 Å². The maximum Gasteiger partial charge on any atom is 0.325 e. The molecule has 21 heavy (non-hydrogen) atoms. The van der Waals surface area contributed by atoms with Crippen LogP contribution in [0.15, 0.2) is 0 Å². The van der Waals surface area contributed by atoms with Gasteiger partial charge in [0.2, 0.25) is 0 Å². The Balaban J connectivity index is 3.31. The van der Waals surface area contributed by atoms with E-state index in [-0.39, 0.29) is 19.4 Å². The maximum atomic E-state index is 12.2. The number of carboxylic acids is 3. The number of ether oxygens (including phenoxy) is 1. The average molecular weight is 320 g/mol. The summed E-state index contributed by atoms with van der Waals surface area (Å²) in [4.78, 5) is 46.6. The lowest BCUT2D eigenvalue weighted by atomic mass is 9.65. The molecule has 9 heteroatoms. The number of rotatable bonds is 7. The van der Waals surface area contributed by atoms with E-state index in [1.54, 1.807) is 0 Å². The van der Waals surface area contributed by atoms with Crippen LogP contribution in [0.2, 0.25) is 0 Å². The van der Waals surface area contributed by atoms with E-state index < -0.39 is 41.1 Å². The van der Waals surface area contributed by atoms with Crippen molar-refractivity contribution in [2.45, 2.75) is 25.7 Å². The van der Waals surface area contributed by atoms with E-state index in [1.807, 2.05) is 0 Å². The molecule has 1 atom stereocenters. The van der Waals surface area contributed by atoms with E-state index in [0.717, 1.165) is 0 Å². The van der Waals surface area contributed by atoms with Gasteiger partial charge in [0.25, 0.3) is 0 Å². The Labute approximate surface area is 125 Å². The predicted octanol–water partition coefficient (Wildman–Crippen LogP) is 0.260. The summed E-state index contributed by atoms with van der Waals surface area (Å²) in [5.74, 6) is -6.42. The highest BCUT2D eigenvalue weighted by Crippen LogP contribution is 2.54. The SMILES string of the molecule is O=C(O)C1(C(=O)O)CCCC1(C(=O)O)C(=O)OCCCS. The first-order valence-electron chi connectivity index (χ1n) is 6.25. The zero-order valence-corrected chi connectivity index (χ0v) is 12.0. The monoisotopic (exact) mass is 320 g/mol. The molecule has 1 rings (SSSR count). The molecule has 0 spiro atoms. The summed E-state index contributed by atoms with van der Waals surface area (Å²) in [6.07, 6.45) is -0.490. The van der Waals surface area contributed by atoms with Crippen molar-refractivity contribution in [3.8, 4) is 0 Å². The summed E-state index contributed by atoms with van der Waals surface area (Å²) >= 11 is 3.90. The van der Waals surface area contributed by atoms with Crippen LogP contribution in [0, 0.1) is 10.8 Å². The van der Waals surface area contributed by atoms with E-state index in [2.05, 4.69) is 12.6 Å². The van der Waals surface area contributed by atoms with Gasteiger partial charge in [0.1, 0.15) is 0 Å². The third-order valence-corrected chi connectivity index (χ3v) is 4.13. The fraction of sp³-hybridized carbons (Fsp3) is 0.667. The molecule has 0 heterocycles. The van der Waals surface area contributed by atoms with Crippen molar-refractivity contribution in [3.63, 3.8) is 0 Å². The summed E-state index contributed by atoms with van der Waals surface area (Å²) in [7, 11) is 0. The van der Waals surface area contributed by atoms with Crippen molar-refractivity contribution in [1.29, 1.82) is 0 Å². The van der Waals surface area contributed by atoms with E-state index >= 15 is 0 Å². The predicted molar refractivity (Wildman–Crippen MR) is 71.1 cm³/mol. The maximum absolute atomic E-state index is 12.2. The number of thiol groups is 1. The molecular formula is C12H16O8S. The van der Waals surface area contributed by atoms with Crippen LogP contribution in [-0.2, 0) is 23.9 Å². The summed E-state index contributed by atoms with van der Waals surface area (Å²) in [6.45, 7) is -0.146. The zero-order valence-electron chi connectivity index (χ0n) is 11.1. The molecule has 0 bridgehead atoms. The smallest absolute Gasteiger partial charge is 0.325 e. The van der Waals surface area contributed by atoms with E-state index in [4.69, 9.17) is 4.74 Å². The Morgan fingerprint density at radius 1 is 0.952 bits per heavy atom. The van der Waals surface area contributed by atoms with Crippen molar-refractivity contribution in [2.24, 2.45) is 10.8 Å². The Bertz CT molecular complexity index is 460. The normalized spacial score (nSPS) is 23.5. The highest BCUT2D eigenvalue weighted by atomic mass is 32.1. The number of carbonyl (C=O) groups excluding carboxylic acids is 1. The first-order valence-corrected chi connectivity index (χ1v) is 6.89. The van der Waals surface area contributed by atoms with Crippen molar-refractivity contribution < 1.29 is 39.2 Å². The van der Waals surface area contributed by atoms with Crippen molar-refractivity contribution in [3.05, 3.63) is 0 Å². The van der Waals surface area contributed by atoms with Gasteiger partial charge < -0.3 is 20.1 Å². The Kier molecular flexibility index (Phi) is 5.21. The van der Waals surface area contributed by atoms with Crippen LogP contribution < -0.4 is 0 Å². The number of hydrogen-bond acceptors (Lipinski definition) is 6. The van der Waals surface area contributed by atoms with Crippen LogP contribution in [0.5, 0.6) is 0 Å². The second kappa shape index (κ2) is 6.33. The minimum Gasteiger partial charge on any atom is -0.480 e. The van der Waals surface area contributed by atoms with Gasteiger partial charge in [-0.05, 0) is 31.4 Å². The third kappa shape index (κ3) is 2.45. The average Bonchev–Trinajstić information content (AvgIpc) is 2.81. The van der Waals surface area contributed by atoms with Gasteiger partial charge in [0.05, 0.1) is 6.61 Å². The van der Waals surface area contributed by atoms with Crippen LogP contribution >= 0.6 is 12.6 Å². The van der Waals surface area contributed by atoms with Crippen molar-refractivity contribution in [2.75, 3.05) is 12.4 Å². The Morgan fingerprint density at radius 2 is 1.43 bits per heavy atom. The molecule has 1 fully saturated rings. The summed E-state index contributed by atoms with van der Waals surface area (Å²) in [5.41, 5.74) is -5.32. The molecule has 8 nitrogen and oxygen atoms in total. The number of carbonyl (C=O) groups is 4. The van der Waals surface area contributed by atoms with E-state index in [9.17, 15) is 34.5 Å². The Hall–Kier alpha value is -1.77. The highest BCUT2D eigenvalue weighted by molar-refractivity contribution is 7.80. The van der Waals surface area contributed by atoms with E-state index in [1.165, 1.54) is 0 Å². The number of esters is 1. The first kappa shape index (κ1) is 17.3. The molecule has 0 radical (unpaired) electrons. The fourth-order valence-electron chi connectivity index (χ4n) is 2.72. The van der Waals surface area contributed by atoms with E-state index in [0.29, 0.717) is 12.2 Å². The van der Waals surface area contributed by atoms with Crippen molar-refractivity contribution >= 4 is 36.5 Å². The molecule has 1 saturated carbocycles. The van der Waals surface area contributed by atoms with Crippen LogP contribution in [0.4, 0.5) is 0 Å². The lowest BCUT2D eigenvalue weighted by Gasteiger charge is -2.34. The van der Waals surface area contributed by atoms with Crippen LogP contribution in [0.1, 0.15) is 25.7 Å². The second-order valence-corrected chi connectivity index (χ2v) is 5.24. The lowest BCUT2D eigenvalue weighted by molar-refractivity contribution is -0.194. The quantitative estimate of drug-likeness (QED) is 0.227. The molecule has 118 valence electrons. The topological polar surface area (TPSA) is 138 Å². The third-order valence-electron chi connectivity index (χ3n) is 3.81. The number of hydrogen-bond donors (Lipinski definition) is 4. The molecule has 1 aliphatic rings. The van der Waals surface area contributed by atoms with Gasteiger partial charge in [0, 0.05) is 0 Å². The molecule has 1 aliphatic carbocycles. The van der Waals surface area contributed by atoms with Gasteiger partial charge in [-0.3, -0.25) is 19.2 Å². The number of aliphatic carboxylic acids is 3. The fourth-order valence-corrected chi connectivity index (χ4v) is 2.85. The van der Waals surface area contributed by atoms with Crippen molar-refractivity contribution in [1.82, 2.24) is 0 Å². The molecule has 1 unspecified atom stereocenters. The van der Waals surface area contributed by atoms with Gasteiger partial charge in [-0.15, -0.1) is 0 Å². The van der Waals surface area contributed by atoms with Crippen LogP contribution in [-0.4, -0.2) is 51.6 Å². The summed E-state index contributed by atoms with van der Waals surface area (Å²) in [5, 5.41) is 27.9. The Morgan fingerprint density at radius 3 is 1.86 bits per heavy atom. The minimum absolute atomic E-state index is 0.00737.